The van der Waals surface area contributed by atoms with Gasteiger partial charge >= 0.3 is 0 Å². The summed E-state index contributed by atoms with van der Waals surface area (Å²) >= 11 is 0. The minimum atomic E-state index is -0.306. The molecule has 1 fully saturated rings. The molecule has 0 bridgehead atoms. The van der Waals surface area contributed by atoms with Crippen LogP contribution >= 0.6 is 0 Å². The Labute approximate surface area is 112 Å². The first-order valence-corrected chi connectivity index (χ1v) is 6.33. The predicted octanol–water partition coefficient (Wildman–Crippen LogP) is 0.00110. The first kappa shape index (κ1) is 13.8. The van der Waals surface area contributed by atoms with E-state index in [1.54, 1.807) is 24.3 Å². The summed E-state index contributed by atoms with van der Waals surface area (Å²) < 4.78 is 10.9. The highest BCUT2D eigenvalue weighted by Crippen LogP contribution is 2.12. The number of hydrazine groups is 1. The molecule has 0 aromatic heterocycles. The number of morpholine rings is 1. The van der Waals surface area contributed by atoms with E-state index in [2.05, 4.69) is 10.3 Å². The molecule has 3 N–H and O–H groups in total. The van der Waals surface area contributed by atoms with Gasteiger partial charge in [0.15, 0.2) is 0 Å². The lowest BCUT2D eigenvalue weighted by Gasteiger charge is -2.26. The Hall–Kier alpha value is -1.63. The van der Waals surface area contributed by atoms with Gasteiger partial charge in [-0.05, 0) is 24.3 Å². The Morgan fingerprint density at radius 2 is 2.00 bits per heavy atom. The maximum Gasteiger partial charge on any atom is 0.265 e. The highest BCUT2D eigenvalue weighted by atomic mass is 16.5. The van der Waals surface area contributed by atoms with Crippen molar-refractivity contribution in [3.8, 4) is 5.75 Å². The van der Waals surface area contributed by atoms with Crippen LogP contribution in [0.25, 0.3) is 0 Å². The predicted molar refractivity (Wildman–Crippen MR) is 70.8 cm³/mol. The van der Waals surface area contributed by atoms with Crippen molar-refractivity contribution in [2.45, 2.75) is 0 Å². The van der Waals surface area contributed by atoms with Gasteiger partial charge in [0.2, 0.25) is 0 Å². The molecular formula is C13H19N3O3. The van der Waals surface area contributed by atoms with Gasteiger partial charge in [0.05, 0.1) is 13.2 Å². The molecule has 1 aromatic carbocycles. The Bertz CT molecular complexity index is 402. The van der Waals surface area contributed by atoms with E-state index in [-0.39, 0.29) is 5.91 Å². The van der Waals surface area contributed by atoms with Crippen LogP contribution in [0.15, 0.2) is 24.3 Å². The molecule has 0 saturated carbocycles. The van der Waals surface area contributed by atoms with Crippen molar-refractivity contribution in [1.29, 1.82) is 0 Å². The molecule has 0 radical (unpaired) electrons. The Morgan fingerprint density at radius 1 is 1.32 bits per heavy atom. The molecule has 0 atom stereocenters. The maximum absolute atomic E-state index is 11.2. The van der Waals surface area contributed by atoms with Crippen LogP contribution in [0.5, 0.6) is 5.75 Å². The minimum absolute atomic E-state index is 0.306. The Morgan fingerprint density at radius 3 is 2.63 bits per heavy atom. The third-order valence-electron chi connectivity index (χ3n) is 3.03. The molecule has 6 nitrogen and oxygen atoms in total. The fourth-order valence-electron chi connectivity index (χ4n) is 1.90. The number of nitrogen functional groups attached to an aromatic ring is 1. The van der Waals surface area contributed by atoms with E-state index in [4.69, 9.17) is 15.3 Å². The average Bonchev–Trinajstić information content (AvgIpc) is 2.48. The lowest BCUT2D eigenvalue weighted by molar-refractivity contribution is 0.0322. The van der Waals surface area contributed by atoms with Crippen LogP contribution in [-0.4, -0.2) is 50.3 Å². The molecule has 6 heteroatoms. The smallest absolute Gasteiger partial charge is 0.265 e. The van der Waals surface area contributed by atoms with Crippen molar-refractivity contribution in [1.82, 2.24) is 10.3 Å². The molecule has 19 heavy (non-hydrogen) atoms. The molecule has 0 aliphatic carbocycles. The quantitative estimate of drug-likeness (QED) is 0.445. The monoisotopic (exact) mass is 265 g/mol. The first-order chi connectivity index (χ1) is 9.29. The van der Waals surface area contributed by atoms with E-state index in [0.29, 0.717) is 12.2 Å². The molecule has 2 rings (SSSR count). The number of hydrogen-bond acceptors (Lipinski definition) is 5. The van der Waals surface area contributed by atoms with Gasteiger partial charge in [0, 0.05) is 25.2 Å². The lowest BCUT2D eigenvalue weighted by atomic mass is 10.2. The fraction of sp³-hybridized carbons (Fsp3) is 0.462. The van der Waals surface area contributed by atoms with Crippen molar-refractivity contribution in [3.05, 3.63) is 29.8 Å². The van der Waals surface area contributed by atoms with Crippen LogP contribution in [0, 0.1) is 0 Å². The van der Waals surface area contributed by atoms with Crippen molar-refractivity contribution in [2.24, 2.45) is 5.84 Å². The van der Waals surface area contributed by atoms with Crippen molar-refractivity contribution >= 4 is 5.91 Å². The van der Waals surface area contributed by atoms with E-state index < -0.39 is 0 Å². The molecule has 1 aliphatic rings. The number of nitrogens with zero attached hydrogens (tertiary/aromatic N) is 1. The molecule has 1 saturated heterocycles. The van der Waals surface area contributed by atoms with E-state index in [0.717, 1.165) is 38.6 Å². The van der Waals surface area contributed by atoms with Gasteiger partial charge in [-0.15, -0.1) is 0 Å². The van der Waals surface area contributed by atoms with Crippen LogP contribution in [0.2, 0.25) is 0 Å². The molecule has 1 heterocycles. The molecule has 0 unspecified atom stereocenters. The van der Waals surface area contributed by atoms with Gasteiger partial charge in [-0.3, -0.25) is 15.1 Å². The third-order valence-corrected chi connectivity index (χ3v) is 3.03. The van der Waals surface area contributed by atoms with E-state index in [9.17, 15) is 4.79 Å². The zero-order chi connectivity index (χ0) is 13.5. The summed E-state index contributed by atoms with van der Waals surface area (Å²) in [5, 5.41) is 0. The highest BCUT2D eigenvalue weighted by Gasteiger charge is 2.09. The topological polar surface area (TPSA) is 76.8 Å². The number of amides is 1. The number of carbonyl (C=O) groups excluding carboxylic acids is 1. The molecule has 1 amide bonds. The molecular weight excluding hydrogens is 246 g/mol. The third kappa shape index (κ3) is 4.20. The van der Waals surface area contributed by atoms with E-state index >= 15 is 0 Å². The summed E-state index contributed by atoms with van der Waals surface area (Å²) in [6.07, 6.45) is 0. The number of nitrogens with two attached hydrogens (primary N) is 1. The van der Waals surface area contributed by atoms with Crippen LogP contribution in [0.4, 0.5) is 0 Å². The minimum Gasteiger partial charge on any atom is -0.492 e. The zero-order valence-electron chi connectivity index (χ0n) is 10.8. The van der Waals surface area contributed by atoms with Crippen LogP contribution in [0.1, 0.15) is 10.4 Å². The first-order valence-electron chi connectivity index (χ1n) is 6.33. The van der Waals surface area contributed by atoms with Gasteiger partial charge in [0.1, 0.15) is 12.4 Å². The summed E-state index contributed by atoms with van der Waals surface area (Å²) in [4.78, 5) is 13.6. The largest absolute Gasteiger partial charge is 0.492 e. The fourth-order valence-corrected chi connectivity index (χ4v) is 1.90. The standard InChI is InChI=1S/C13H19N3O3/c14-15-13(17)11-1-3-12(4-2-11)19-10-7-16-5-8-18-9-6-16/h1-4H,5-10,14H2,(H,15,17). The number of carbonyl (C=O) groups is 1. The van der Waals surface area contributed by atoms with Crippen molar-refractivity contribution < 1.29 is 14.3 Å². The average molecular weight is 265 g/mol. The van der Waals surface area contributed by atoms with Crippen molar-refractivity contribution in [2.75, 3.05) is 39.5 Å². The van der Waals surface area contributed by atoms with Crippen molar-refractivity contribution in [3.63, 3.8) is 0 Å². The molecule has 0 spiro atoms. The second-order valence-electron chi connectivity index (χ2n) is 4.30. The lowest BCUT2D eigenvalue weighted by Crippen LogP contribution is -2.38. The van der Waals surface area contributed by atoms with Crippen LogP contribution in [-0.2, 0) is 4.74 Å². The second-order valence-corrected chi connectivity index (χ2v) is 4.30. The molecule has 1 aliphatic heterocycles. The summed E-state index contributed by atoms with van der Waals surface area (Å²) in [7, 11) is 0. The summed E-state index contributed by atoms with van der Waals surface area (Å²) in [6.45, 7) is 5.01. The number of nitrogens with one attached hydrogen (secondary N) is 1. The normalized spacial score (nSPS) is 16.1. The number of rotatable bonds is 5. The highest BCUT2D eigenvalue weighted by molar-refractivity contribution is 5.93. The van der Waals surface area contributed by atoms with Crippen LogP contribution in [0.3, 0.4) is 0 Å². The Balaban J connectivity index is 1.75. The number of ether oxygens (including phenoxy) is 2. The summed E-state index contributed by atoms with van der Waals surface area (Å²) in [5.74, 6) is 5.50. The number of benzene rings is 1. The summed E-state index contributed by atoms with van der Waals surface area (Å²) in [5.41, 5.74) is 2.61. The van der Waals surface area contributed by atoms with Gasteiger partial charge in [-0.1, -0.05) is 0 Å². The maximum atomic E-state index is 11.2. The second kappa shape index (κ2) is 7.08. The zero-order valence-corrected chi connectivity index (χ0v) is 10.8. The SMILES string of the molecule is NNC(=O)c1ccc(OCCN2CCOCC2)cc1. The summed E-state index contributed by atoms with van der Waals surface area (Å²) in [6, 6.07) is 6.91. The molecule has 1 aromatic rings. The van der Waals surface area contributed by atoms with Gasteiger partial charge in [-0.25, -0.2) is 5.84 Å². The van der Waals surface area contributed by atoms with E-state index in [1.165, 1.54) is 0 Å². The van der Waals surface area contributed by atoms with E-state index in [1.807, 2.05) is 0 Å². The van der Waals surface area contributed by atoms with Gasteiger partial charge in [-0.2, -0.15) is 0 Å². The molecule has 104 valence electrons. The number of hydrogen-bond donors (Lipinski definition) is 2. The van der Waals surface area contributed by atoms with Gasteiger partial charge < -0.3 is 9.47 Å². The van der Waals surface area contributed by atoms with Crippen LogP contribution < -0.4 is 16.0 Å². The van der Waals surface area contributed by atoms with Gasteiger partial charge in [0.25, 0.3) is 5.91 Å². The Kier molecular flexibility index (Phi) is 5.14.